The molecule has 3 aromatic rings. The van der Waals surface area contributed by atoms with Crippen LogP contribution in [0.4, 0.5) is 32.3 Å². The summed E-state index contributed by atoms with van der Waals surface area (Å²) in [6, 6.07) is 3.32. The molecule has 1 aliphatic rings. The number of benzene rings is 1. The molecule has 1 aliphatic carbocycles. The smallest absolute Gasteiger partial charge is 0.416 e. The zero-order valence-corrected chi connectivity index (χ0v) is 27.1. The summed E-state index contributed by atoms with van der Waals surface area (Å²) in [6.45, 7) is 3.31. The summed E-state index contributed by atoms with van der Waals surface area (Å²) in [7, 11) is 1.51. The molecule has 16 heteroatoms. The minimum atomic E-state index is -4.97. The molecule has 1 N–H and O–H groups in total. The number of aryl methyl sites for hydroxylation is 1. The first kappa shape index (κ1) is 35.6. The van der Waals surface area contributed by atoms with Gasteiger partial charge in [-0.15, -0.1) is 5.10 Å². The number of nitrogens with zero attached hydrogens (tertiary/aromatic N) is 6. The number of nitrogens with one attached hydrogen (secondary N) is 1. The Kier molecular flexibility index (Phi) is 12.0. The number of hydrogen-bond donors (Lipinski definition) is 1. The van der Waals surface area contributed by atoms with Crippen molar-refractivity contribution in [3.8, 4) is 0 Å². The van der Waals surface area contributed by atoms with Crippen molar-refractivity contribution in [1.29, 1.82) is 0 Å². The van der Waals surface area contributed by atoms with E-state index in [1.165, 1.54) is 11.9 Å². The Bertz CT molecular complexity index is 1430. The van der Waals surface area contributed by atoms with Gasteiger partial charge in [0.2, 0.25) is 0 Å². The van der Waals surface area contributed by atoms with E-state index in [4.69, 9.17) is 4.74 Å². The van der Waals surface area contributed by atoms with Gasteiger partial charge in [0.25, 0.3) is 5.95 Å². The molecule has 0 radical (unpaired) electrons. The van der Waals surface area contributed by atoms with E-state index in [-0.39, 0.29) is 36.6 Å². The predicted octanol–water partition coefficient (Wildman–Crippen LogP) is 6.50. The van der Waals surface area contributed by atoms with E-state index in [1.54, 1.807) is 13.1 Å². The van der Waals surface area contributed by atoms with Crippen LogP contribution in [0, 0.1) is 11.8 Å². The minimum absolute atomic E-state index is 0.0380. The number of tetrazole rings is 1. The topological polar surface area (TPSA) is 98.1 Å². The number of carbonyl (C=O) groups excluding carboxylic acids is 1. The molecule has 1 fully saturated rings. The van der Waals surface area contributed by atoms with E-state index in [9.17, 15) is 31.1 Å². The Balaban J connectivity index is 1.44. The van der Waals surface area contributed by atoms with E-state index in [0.717, 1.165) is 37.0 Å². The standard InChI is InChI=1S/C30H36BrF6N7O2/c1-3-46-27(45)12-19-4-6-20(7-5-19)15-38-9-8-26-22(13-25(31)16-39-26)18-44(28-40-42-43(2)41-28)17-21-10-23(29(32,33)34)14-24(11-21)30(35,36)37/h10-11,13-14,16,19-20,38H,3-9,12,15,17-18H2,1-2H3. The van der Waals surface area contributed by atoms with Crippen LogP contribution in [-0.4, -0.2) is 50.9 Å². The maximum Gasteiger partial charge on any atom is 0.416 e. The Labute approximate surface area is 271 Å². The van der Waals surface area contributed by atoms with E-state index in [0.29, 0.717) is 65.7 Å². The van der Waals surface area contributed by atoms with Crippen molar-refractivity contribution in [3.63, 3.8) is 0 Å². The Morgan fingerprint density at radius 2 is 1.67 bits per heavy atom. The quantitative estimate of drug-likeness (QED) is 0.122. The third kappa shape index (κ3) is 10.4. The minimum Gasteiger partial charge on any atom is -0.466 e. The van der Waals surface area contributed by atoms with Crippen LogP contribution in [0.3, 0.4) is 0 Å². The second-order valence-electron chi connectivity index (χ2n) is 11.5. The van der Waals surface area contributed by atoms with Crippen LogP contribution in [-0.2, 0) is 48.4 Å². The number of carbonyl (C=O) groups is 1. The highest BCUT2D eigenvalue weighted by Crippen LogP contribution is 2.37. The molecule has 4 rings (SSSR count). The fourth-order valence-corrected chi connectivity index (χ4v) is 5.99. The highest BCUT2D eigenvalue weighted by Gasteiger charge is 2.37. The van der Waals surface area contributed by atoms with Gasteiger partial charge in [-0.3, -0.25) is 9.78 Å². The summed E-state index contributed by atoms with van der Waals surface area (Å²) in [4.78, 5) is 19.0. The number of hydrogen-bond acceptors (Lipinski definition) is 8. The van der Waals surface area contributed by atoms with Crippen LogP contribution < -0.4 is 10.2 Å². The van der Waals surface area contributed by atoms with E-state index in [2.05, 4.69) is 41.6 Å². The van der Waals surface area contributed by atoms with Gasteiger partial charge in [0.05, 0.1) is 24.8 Å². The molecule has 0 spiro atoms. The molecular weight excluding hydrogens is 684 g/mol. The van der Waals surface area contributed by atoms with Crippen LogP contribution in [0.2, 0.25) is 0 Å². The number of ether oxygens (including phenoxy) is 1. The second-order valence-corrected chi connectivity index (χ2v) is 12.4. The maximum atomic E-state index is 13.5. The first-order valence-electron chi connectivity index (χ1n) is 15.0. The predicted molar refractivity (Wildman–Crippen MR) is 160 cm³/mol. The van der Waals surface area contributed by atoms with E-state index >= 15 is 0 Å². The Morgan fingerprint density at radius 1 is 1.02 bits per heavy atom. The van der Waals surface area contributed by atoms with Crippen molar-refractivity contribution >= 4 is 27.8 Å². The third-order valence-electron chi connectivity index (χ3n) is 7.89. The zero-order chi connectivity index (χ0) is 33.5. The molecule has 2 heterocycles. The molecule has 46 heavy (non-hydrogen) atoms. The Morgan fingerprint density at radius 3 is 2.26 bits per heavy atom. The van der Waals surface area contributed by atoms with E-state index in [1.807, 2.05) is 6.07 Å². The SMILES string of the molecule is CCOC(=O)CC1CCC(CNCCc2ncc(Br)cc2CN(Cc2cc(C(F)(F)F)cc(C(F)(F)F)c2)c2nnn(C)n2)CC1. The number of anilines is 1. The van der Waals surface area contributed by atoms with Gasteiger partial charge in [0.15, 0.2) is 0 Å². The molecule has 252 valence electrons. The fraction of sp³-hybridized carbons (Fsp3) is 0.567. The number of esters is 1. The first-order valence-corrected chi connectivity index (χ1v) is 15.8. The lowest BCUT2D eigenvalue weighted by Gasteiger charge is -2.28. The monoisotopic (exact) mass is 719 g/mol. The summed E-state index contributed by atoms with van der Waals surface area (Å²) in [5.74, 6) is 0.739. The van der Waals surface area contributed by atoms with Gasteiger partial charge in [0.1, 0.15) is 0 Å². The molecule has 0 saturated heterocycles. The largest absolute Gasteiger partial charge is 0.466 e. The normalized spacial score (nSPS) is 17.2. The van der Waals surface area contributed by atoms with Crippen molar-refractivity contribution in [2.45, 2.75) is 70.9 Å². The van der Waals surface area contributed by atoms with E-state index < -0.39 is 23.5 Å². The molecule has 0 bridgehead atoms. The lowest BCUT2D eigenvalue weighted by atomic mass is 9.80. The van der Waals surface area contributed by atoms with Crippen molar-refractivity contribution < 1.29 is 35.9 Å². The van der Waals surface area contributed by atoms with Gasteiger partial charge in [-0.05, 0) is 108 Å². The highest BCUT2D eigenvalue weighted by molar-refractivity contribution is 9.10. The molecule has 1 aromatic carbocycles. The number of aromatic nitrogens is 5. The van der Waals surface area contributed by atoms with Crippen molar-refractivity contribution in [2.75, 3.05) is 24.6 Å². The fourth-order valence-electron chi connectivity index (χ4n) is 5.61. The molecule has 0 aliphatic heterocycles. The summed E-state index contributed by atoms with van der Waals surface area (Å²) in [5, 5.41) is 15.4. The average Bonchev–Trinajstić information content (AvgIpc) is 3.42. The van der Waals surface area contributed by atoms with Gasteiger partial charge in [0, 0.05) is 48.8 Å². The van der Waals surface area contributed by atoms with Crippen LogP contribution in [0.15, 0.2) is 34.9 Å². The van der Waals surface area contributed by atoms with Crippen LogP contribution in [0.1, 0.15) is 67.0 Å². The Hall–Kier alpha value is -3.27. The first-order chi connectivity index (χ1) is 21.7. The third-order valence-corrected chi connectivity index (χ3v) is 8.32. The zero-order valence-electron chi connectivity index (χ0n) is 25.5. The summed E-state index contributed by atoms with van der Waals surface area (Å²) in [5.41, 5.74) is -1.59. The number of rotatable bonds is 13. The van der Waals surface area contributed by atoms with Gasteiger partial charge in [-0.1, -0.05) is 5.10 Å². The molecule has 0 unspecified atom stereocenters. The van der Waals surface area contributed by atoms with Crippen molar-refractivity contribution in [1.82, 2.24) is 30.5 Å². The van der Waals surface area contributed by atoms with Crippen LogP contribution in [0.25, 0.3) is 0 Å². The number of pyridine rings is 1. The van der Waals surface area contributed by atoms with Crippen LogP contribution >= 0.6 is 15.9 Å². The van der Waals surface area contributed by atoms with Crippen molar-refractivity contribution in [2.24, 2.45) is 18.9 Å². The molecule has 9 nitrogen and oxygen atoms in total. The van der Waals surface area contributed by atoms with Gasteiger partial charge < -0.3 is 15.0 Å². The summed E-state index contributed by atoms with van der Waals surface area (Å²) >= 11 is 3.42. The van der Waals surface area contributed by atoms with Gasteiger partial charge in [-0.2, -0.15) is 31.1 Å². The number of halogens is 7. The summed E-state index contributed by atoms with van der Waals surface area (Å²) < 4.78 is 87.0. The molecule has 0 atom stereocenters. The maximum absolute atomic E-state index is 13.5. The average molecular weight is 721 g/mol. The van der Waals surface area contributed by atoms with Gasteiger partial charge in [-0.25, -0.2) is 0 Å². The second kappa shape index (κ2) is 15.5. The molecule has 0 amide bonds. The molecular formula is C30H36BrF6N7O2. The summed E-state index contributed by atoms with van der Waals surface area (Å²) in [6.07, 6.45) is -3.32. The highest BCUT2D eigenvalue weighted by atomic mass is 79.9. The van der Waals surface area contributed by atoms with Crippen molar-refractivity contribution in [3.05, 3.63) is 62.9 Å². The number of alkyl halides is 6. The molecule has 2 aromatic heterocycles. The molecule has 1 saturated carbocycles. The van der Waals surface area contributed by atoms with Gasteiger partial charge >= 0.3 is 18.3 Å². The lowest BCUT2D eigenvalue weighted by molar-refractivity contribution is -0.145. The lowest BCUT2D eigenvalue weighted by Crippen LogP contribution is -2.29. The van der Waals surface area contributed by atoms with Crippen LogP contribution in [0.5, 0.6) is 0 Å².